The van der Waals surface area contributed by atoms with Gasteiger partial charge in [-0.15, -0.1) is 0 Å². The molecule has 25 heavy (non-hydrogen) atoms. The number of amides is 2. The van der Waals surface area contributed by atoms with Gasteiger partial charge in [-0.25, -0.2) is 4.39 Å². The molecular formula is C17H19FN2O5. The van der Waals surface area contributed by atoms with E-state index in [1.807, 2.05) is 0 Å². The molecule has 2 fully saturated rings. The van der Waals surface area contributed by atoms with Gasteiger partial charge in [-0.2, -0.15) is 0 Å². The molecule has 7 nitrogen and oxygen atoms in total. The fraction of sp³-hybridized carbons (Fsp3) is 0.471. The van der Waals surface area contributed by atoms with Crippen LogP contribution in [-0.4, -0.2) is 60.1 Å². The molecule has 134 valence electrons. The van der Waals surface area contributed by atoms with Gasteiger partial charge < -0.3 is 19.6 Å². The van der Waals surface area contributed by atoms with E-state index in [9.17, 15) is 18.8 Å². The number of carbonyl (C=O) groups is 3. The van der Waals surface area contributed by atoms with E-state index < -0.39 is 23.8 Å². The summed E-state index contributed by atoms with van der Waals surface area (Å²) in [6.07, 6.45) is 0.358. The molecule has 2 aliphatic rings. The fourth-order valence-electron chi connectivity index (χ4n) is 3.16. The zero-order chi connectivity index (χ0) is 18.0. The van der Waals surface area contributed by atoms with Crippen molar-refractivity contribution in [3.8, 4) is 0 Å². The number of carboxylic acids is 1. The van der Waals surface area contributed by atoms with Gasteiger partial charge in [0.25, 0.3) is 5.91 Å². The Morgan fingerprint density at radius 3 is 2.80 bits per heavy atom. The lowest BCUT2D eigenvalue weighted by Gasteiger charge is -2.32. The van der Waals surface area contributed by atoms with Crippen LogP contribution in [0.1, 0.15) is 29.6 Å². The Kier molecular flexibility index (Phi) is 4.98. The lowest BCUT2D eigenvalue weighted by Crippen LogP contribution is -2.46. The highest BCUT2D eigenvalue weighted by atomic mass is 19.1. The smallest absolute Gasteiger partial charge is 0.306 e. The van der Waals surface area contributed by atoms with Crippen LogP contribution in [0.15, 0.2) is 18.2 Å². The Bertz CT molecular complexity index is 708. The van der Waals surface area contributed by atoms with Crippen LogP contribution < -0.4 is 4.90 Å². The number of hydrogen-bond donors (Lipinski definition) is 1. The van der Waals surface area contributed by atoms with Gasteiger partial charge in [0.1, 0.15) is 5.82 Å². The summed E-state index contributed by atoms with van der Waals surface area (Å²) in [5, 5.41) is 8.85. The molecule has 0 aliphatic carbocycles. The van der Waals surface area contributed by atoms with Gasteiger partial charge in [0, 0.05) is 31.7 Å². The molecule has 0 unspecified atom stereocenters. The first-order valence-corrected chi connectivity index (χ1v) is 8.18. The van der Waals surface area contributed by atoms with Crippen molar-refractivity contribution in [3.63, 3.8) is 0 Å². The monoisotopic (exact) mass is 350 g/mol. The topological polar surface area (TPSA) is 87.2 Å². The van der Waals surface area contributed by atoms with Crippen LogP contribution in [-0.2, 0) is 14.3 Å². The zero-order valence-corrected chi connectivity index (χ0v) is 13.6. The molecule has 0 spiro atoms. The van der Waals surface area contributed by atoms with Crippen molar-refractivity contribution in [1.82, 2.24) is 4.90 Å². The summed E-state index contributed by atoms with van der Waals surface area (Å²) >= 11 is 0. The molecule has 0 radical (unpaired) electrons. The number of anilines is 1. The largest absolute Gasteiger partial charge is 0.481 e. The van der Waals surface area contributed by atoms with Crippen LogP contribution in [0.25, 0.3) is 0 Å². The molecule has 2 heterocycles. The lowest BCUT2D eigenvalue weighted by atomic mass is 10.1. The average Bonchev–Trinajstić information content (AvgIpc) is 3.00. The SMILES string of the molecule is O=C(O)C[C@@H]1CN(C(=O)c2cc(N3CCCC3=O)ccc2F)CCO1. The number of rotatable bonds is 4. The number of benzene rings is 1. The van der Waals surface area contributed by atoms with Gasteiger partial charge in [0.05, 0.1) is 24.7 Å². The second-order valence-electron chi connectivity index (χ2n) is 6.15. The van der Waals surface area contributed by atoms with E-state index in [1.54, 1.807) is 4.90 Å². The van der Waals surface area contributed by atoms with Crippen molar-refractivity contribution < 1.29 is 28.6 Å². The highest BCUT2D eigenvalue weighted by Gasteiger charge is 2.29. The summed E-state index contributed by atoms with van der Waals surface area (Å²) in [6.45, 7) is 1.12. The molecule has 2 aliphatic heterocycles. The number of halogens is 1. The first kappa shape index (κ1) is 17.3. The number of carbonyl (C=O) groups excluding carboxylic acids is 2. The van der Waals surface area contributed by atoms with Crippen LogP contribution in [0.4, 0.5) is 10.1 Å². The Morgan fingerprint density at radius 1 is 1.32 bits per heavy atom. The van der Waals surface area contributed by atoms with E-state index in [1.165, 1.54) is 23.1 Å². The number of carboxylic acid groups (broad SMARTS) is 1. The number of ether oxygens (including phenoxy) is 1. The van der Waals surface area contributed by atoms with Crippen LogP contribution in [0.2, 0.25) is 0 Å². The van der Waals surface area contributed by atoms with E-state index in [2.05, 4.69) is 0 Å². The van der Waals surface area contributed by atoms with Crippen molar-refractivity contribution >= 4 is 23.5 Å². The summed E-state index contributed by atoms with van der Waals surface area (Å²) in [4.78, 5) is 38.3. The van der Waals surface area contributed by atoms with E-state index in [-0.39, 0.29) is 37.6 Å². The number of morpholine rings is 1. The van der Waals surface area contributed by atoms with Crippen LogP contribution in [0.5, 0.6) is 0 Å². The maximum Gasteiger partial charge on any atom is 0.306 e. The molecule has 1 N–H and O–H groups in total. The number of hydrogen-bond acceptors (Lipinski definition) is 4. The highest BCUT2D eigenvalue weighted by molar-refractivity contribution is 5.99. The summed E-state index contributed by atoms with van der Waals surface area (Å²) in [7, 11) is 0. The maximum atomic E-state index is 14.2. The van der Waals surface area contributed by atoms with Gasteiger partial charge in [0.2, 0.25) is 5.91 Å². The van der Waals surface area contributed by atoms with Crippen molar-refractivity contribution in [2.24, 2.45) is 0 Å². The standard InChI is InChI=1S/C17H19FN2O5/c18-14-4-3-11(20-5-1-2-15(20)21)8-13(14)17(24)19-6-7-25-12(10-19)9-16(22)23/h3-4,8,12H,1-2,5-7,9-10H2,(H,22,23)/t12-/m1/s1. The molecule has 0 bridgehead atoms. The van der Waals surface area contributed by atoms with Crippen molar-refractivity contribution in [2.45, 2.75) is 25.4 Å². The van der Waals surface area contributed by atoms with Crippen molar-refractivity contribution in [3.05, 3.63) is 29.6 Å². The third-order valence-electron chi connectivity index (χ3n) is 4.39. The second-order valence-corrected chi connectivity index (χ2v) is 6.15. The first-order valence-electron chi connectivity index (χ1n) is 8.18. The van der Waals surface area contributed by atoms with Crippen molar-refractivity contribution in [2.75, 3.05) is 31.1 Å². The first-order chi connectivity index (χ1) is 12.0. The zero-order valence-electron chi connectivity index (χ0n) is 13.6. The minimum absolute atomic E-state index is 0.0436. The maximum absolute atomic E-state index is 14.2. The van der Waals surface area contributed by atoms with E-state index in [4.69, 9.17) is 9.84 Å². The Labute approximate surface area is 144 Å². The van der Waals surface area contributed by atoms with Crippen LogP contribution in [0, 0.1) is 5.82 Å². The van der Waals surface area contributed by atoms with Crippen molar-refractivity contribution in [1.29, 1.82) is 0 Å². The minimum atomic E-state index is -1.01. The summed E-state index contributed by atoms with van der Waals surface area (Å²) in [6, 6.07) is 4.06. The molecule has 1 atom stereocenters. The third kappa shape index (κ3) is 3.79. The van der Waals surface area contributed by atoms with E-state index >= 15 is 0 Å². The molecular weight excluding hydrogens is 331 g/mol. The molecule has 8 heteroatoms. The number of nitrogens with zero attached hydrogens (tertiary/aromatic N) is 2. The van der Waals surface area contributed by atoms with Crippen LogP contribution >= 0.6 is 0 Å². The summed E-state index contributed by atoms with van der Waals surface area (Å²) in [5.41, 5.74) is 0.385. The van der Waals surface area contributed by atoms with E-state index in [0.29, 0.717) is 18.7 Å². The van der Waals surface area contributed by atoms with Gasteiger partial charge in [0.15, 0.2) is 0 Å². The van der Waals surface area contributed by atoms with Gasteiger partial charge >= 0.3 is 5.97 Å². The molecule has 2 saturated heterocycles. The van der Waals surface area contributed by atoms with Gasteiger partial charge in [-0.05, 0) is 24.6 Å². The minimum Gasteiger partial charge on any atom is -0.481 e. The van der Waals surface area contributed by atoms with Gasteiger partial charge in [-0.1, -0.05) is 0 Å². The molecule has 0 saturated carbocycles. The quantitative estimate of drug-likeness (QED) is 0.884. The predicted octanol–water partition coefficient (Wildman–Crippen LogP) is 1.27. The summed E-state index contributed by atoms with van der Waals surface area (Å²) in [5.74, 6) is -2.25. The molecule has 1 aromatic rings. The summed E-state index contributed by atoms with van der Waals surface area (Å²) < 4.78 is 19.5. The Morgan fingerprint density at radius 2 is 2.12 bits per heavy atom. The number of aliphatic carboxylic acids is 1. The van der Waals surface area contributed by atoms with E-state index in [0.717, 1.165) is 6.42 Å². The Balaban J connectivity index is 1.79. The normalized spacial score (nSPS) is 20.8. The predicted molar refractivity (Wildman–Crippen MR) is 85.9 cm³/mol. The van der Waals surface area contributed by atoms with Gasteiger partial charge in [-0.3, -0.25) is 14.4 Å². The fourth-order valence-corrected chi connectivity index (χ4v) is 3.16. The second kappa shape index (κ2) is 7.18. The molecule has 1 aromatic carbocycles. The molecule has 3 rings (SSSR count). The third-order valence-corrected chi connectivity index (χ3v) is 4.39. The molecule has 2 amide bonds. The Hall–Kier alpha value is -2.48. The van der Waals surface area contributed by atoms with Crippen LogP contribution in [0.3, 0.4) is 0 Å². The average molecular weight is 350 g/mol. The molecule has 0 aromatic heterocycles. The highest BCUT2D eigenvalue weighted by Crippen LogP contribution is 2.25. The lowest BCUT2D eigenvalue weighted by molar-refractivity contribution is -0.141.